The van der Waals surface area contributed by atoms with Crippen LogP contribution in [0.25, 0.3) is 10.9 Å². The summed E-state index contributed by atoms with van der Waals surface area (Å²) in [4.78, 5) is 15.9. The predicted molar refractivity (Wildman–Crippen MR) is 116 cm³/mol. The van der Waals surface area contributed by atoms with Crippen LogP contribution in [-0.2, 0) is 6.18 Å². The van der Waals surface area contributed by atoms with Gasteiger partial charge in [-0.3, -0.25) is 0 Å². The van der Waals surface area contributed by atoms with Gasteiger partial charge in [-0.25, -0.2) is 19.9 Å². The molecule has 1 aliphatic heterocycles. The monoisotopic (exact) mass is 463 g/mol. The van der Waals surface area contributed by atoms with Crippen LogP contribution >= 0.6 is 0 Å². The van der Waals surface area contributed by atoms with Gasteiger partial charge >= 0.3 is 6.18 Å². The van der Waals surface area contributed by atoms with Crippen LogP contribution in [0.2, 0.25) is 0 Å². The number of alkyl halides is 3. The number of hydrogen-bond acceptors (Lipinski definition) is 9. The zero-order valence-corrected chi connectivity index (χ0v) is 18.3. The molecular formula is C21H24F3N7O2. The molecule has 0 amide bonds. The van der Waals surface area contributed by atoms with Gasteiger partial charge in [-0.1, -0.05) is 0 Å². The number of fused-ring (bicyclic) bond motifs is 1. The number of anilines is 2. The van der Waals surface area contributed by atoms with E-state index in [-0.39, 0.29) is 17.6 Å². The minimum absolute atomic E-state index is 0.00262. The molecular weight excluding hydrogens is 439 g/mol. The van der Waals surface area contributed by atoms with Crippen molar-refractivity contribution < 1.29 is 22.6 Å². The summed E-state index contributed by atoms with van der Waals surface area (Å²) in [7, 11) is 1.55. The predicted octanol–water partition coefficient (Wildman–Crippen LogP) is 3.25. The van der Waals surface area contributed by atoms with Crippen LogP contribution < -0.4 is 25.8 Å². The van der Waals surface area contributed by atoms with E-state index in [1.807, 2.05) is 0 Å². The van der Waals surface area contributed by atoms with E-state index in [4.69, 9.17) is 15.2 Å². The van der Waals surface area contributed by atoms with E-state index in [1.165, 1.54) is 6.07 Å². The second-order valence-electron chi connectivity index (χ2n) is 7.78. The van der Waals surface area contributed by atoms with Crippen molar-refractivity contribution in [3.8, 4) is 11.5 Å². The van der Waals surface area contributed by atoms with Gasteiger partial charge in [-0.05, 0) is 32.9 Å². The fraction of sp³-hybridized carbons (Fsp3) is 0.429. The number of nitrogens with zero attached hydrogens (tertiary/aromatic N) is 4. The Bertz CT molecular complexity index is 1170. The minimum Gasteiger partial charge on any atom is -0.493 e. The fourth-order valence-electron chi connectivity index (χ4n) is 3.64. The zero-order chi connectivity index (χ0) is 23.8. The molecule has 176 valence electrons. The maximum absolute atomic E-state index is 13.1. The summed E-state index contributed by atoms with van der Waals surface area (Å²) < 4.78 is 51.0. The molecule has 1 fully saturated rings. The summed E-state index contributed by atoms with van der Waals surface area (Å²) >= 11 is 0. The lowest BCUT2D eigenvalue weighted by Crippen LogP contribution is -2.20. The molecule has 0 saturated carbocycles. The van der Waals surface area contributed by atoms with Crippen LogP contribution in [0.15, 0.2) is 18.2 Å². The van der Waals surface area contributed by atoms with Crippen molar-refractivity contribution in [1.29, 1.82) is 0 Å². The number of nitrogens with two attached hydrogens (primary N) is 1. The minimum atomic E-state index is -4.71. The smallest absolute Gasteiger partial charge is 0.451 e. The molecule has 2 atom stereocenters. The molecule has 1 aliphatic rings. The summed E-state index contributed by atoms with van der Waals surface area (Å²) in [6.07, 6.45) is -3.84. The average Bonchev–Trinajstić information content (AvgIpc) is 3.25. The largest absolute Gasteiger partial charge is 0.493 e. The molecule has 33 heavy (non-hydrogen) atoms. The van der Waals surface area contributed by atoms with Gasteiger partial charge in [0.2, 0.25) is 5.82 Å². The number of ether oxygens (including phenoxy) is 2. The molecule has 4 N–H and O–H groups in total. The highest BCUT2D eigenvalue weighted by atomic mass is 19.4. The van der Waals surface area contributed by atoms with Crippen LogP contribution in [0.5, 0.6) is 11.5 Å². The Kier molecular flexibility index (Phi) is 6.11. The normalized spacial score (nSPS) is 17.2. The number of nitrogen functional groups attached to an aromatic ring is 1. The van der Waals surface area contributed by atoms with E-state index >= 15 is 0 Å². The van der Waals surface area contributed by atoms with Crippen LogP contribution in [0.1, 0.15) is 36.7 Å². The number of aromatic nitrogens is 4. The van der Waals surface area contributed by atoms with Crippen LogP contribution in [0, 0.1) is 6.92 Å². The van der Waals surface area contributed by atoms with Crippen molar-refractivity contribution in [1.82, 2.24) is 25.3 Å². The second-order valence-corrected chi connectivity index (χ2v) is 7.78. The fourth-order valence-corrected chi connectivity index (χ4v) is 3.64. The SMILES string of the molecule is COc1cc2nc(C)nc(N[C@H](C)c3cc(N)nc(C(F)(F)F)n3)c2cc1OC1CCNC1. The van der Waals surface area contributed by atoms with Crippen LogP contribution in [-0.4, -0.2) is 46.2 Å². The van der Waals surface area contributed by atoms with Crippen molar-refractivity contribution in [2.24, 2.45) is 0 Å². The summed E-state index contributed by atoms with van der Waals surface area (Å²) in [6, 6.07) is 4.17. The van der Waals surface area contributed by atoms with Crippen molar-refractivity contribution in [3.05, 3.63) is 35.5 Å². The molecule has 2 aromatic heterocycles. The van der Waals surface area contributed by atoms with E-state index in [9.17, 15) is 13.2 Å². The number of nitrogens with one attached hydrogen (secondary N) is 2. The van der Waals surface area contributed by atoms with Gasteiger partial charge in [0.05, 0.1) is 24.4 Å². The zero-order valence-electron chi connectivity index (χ0n) is 18.3. The summed E-state index contributed by atoms with van der Waals surface area (Å²) in [5.41, 5.74) is 6.28. The molecule has 12 heteroatoms. The lowest BCUT2D eigenvalue weighted by molar-refractivity contribution is -0.145. The summed E-state index contributed by atoms with van der Waals surface area (Å²) in [5, 5.41) is 7.01. The quantitative estimate of drug-likeness (QED) is 0.506. The molecule has 0 spiro atoms. The third kappa shape index (κ3) is 5.00. The van der Waals surface area contributed by atoms with Gasteiger partial charge in [0.1, 0.15) is 23.6 Å². The average molecular weight is 463 g/mol. The summed E-state index contributed by atoms with van der Waals surface area (Å²) in [5.74, 6) is 0.409. The third-order valence-corrected chi connectivity index (χ3v) is 5.22. The van der Waals surface area contributed by atoms with Crippen molar-refractivity contribution in [3.63, 3.8) is 0 Å². The Morgan fingerprint density at radius 3 is 2.61 bits per heavy atom. The van der Waals surface area contributed by atoms with Gasteiger partial charge < -0.3 is 25.8 Å². The Balaban J connectivity index is 1.71. The Morgan fingerprint density at radius 2 is 1.94 bits per heavy atom. The van der Waals surface area contributed by atoms with Gasteiger partial charge in [0.15, 0.2) is 11.5 Å². The number of methoxy groups -OCH3 is 1. The highest BCUT2D eigenvalue weighted by molar-refractivity contribution is 5.92. The first-order chi connectivity index (χ1) is 15.6. The summed E-state index contributed by atoms with van der Waals surface area (Å²) in [6.45, 7) is 4.98. The third-order valence-electron chi connectivity index (χ3n) is 5.22. The molecule has 1 saturated heterocycles. The highest BCUT2D eigenvalue weighted by Crippen LogP contribution is 2.36. The number of hydrogen-bond donors (Lipinski definition) is 3. The highest BCUT2D eigenvalue weighted by Gasteiger charge is 2.35. The van der Waals surface area contributed by atoms with E-state index in [0.29, 0.717) is 34.0 Å². The number of rotatable bonds is 6. The molecule has 0 bridgehead atoms. The van der Waals surface area contributed by atoms with Crippen LogP contribution in [0.4, 0.5) is 24.8 Å². The first-order valence-electron chi connectivity index (χ1n) is 10.4. The number of halogens is 3. The van der Waals surface area contributed by atoms with Crippen LogP contribution in [0.3, 0.4) is 0 Å². The maximum atomic E-state index is 13.1. The van der Waals surface area contributed by atoms with E-state index in [0.717, 1.165) is 19.5 Å². The number of benzene rings is 1. The molecule has 3 aromatic rings. The molecule has 1 aromatic carbocycles. The van der Waals surface area contributed by atoms with Crippen molar-refractivity contribution in [2.75, 3.05) is 31.2 Å². The molecule has 3 heterocycles. The number of aryl methyl sites for hydroxylation is 1. The molecule has 0 radical (unpaired) electrons. The molecule has 4 rings (SSSR count). The molecule has 0 aliphatic carbocycles. The molecule has 9 nitrogen and oxygen atoms in total. The van der Waals surface area contributed by atoms with Gasteiger partial charge in [0.25, 0.3) is 0 Å². The van der Waals surface area contributed by atoms with Gasteiger partial charge in [-0.15, -0.1) is 0 Å². The van der Waals surface area contributed by atoms with Gasteiger partial charge in [-0.2, -0.15) is 13.2 Å². The van der Waals surface area contributed by atoms with E-state index in [1.54, 1.807) is 33.1 Å². The molecule has 1 unspecified atom stereocenters. The lowest BCUT2D eigenvalue weighted by atomic mass is 10.1. The Hall–Kier alpha value is -3.41. The first kappa shape index (κ1) is 22.8. The topological polar surface area (TPSA) is 120 Å². The maximum Gasteiger partial charge on any atom is 0.451 e. The Morgan fingerprint density at radius 1 is 1.15 bits per heavy atom. The Labute approximate surface area is 187 Å². The van der Waals surface area contributed by atoms with Crippen molar-refractivity contribution in [2.45, 2.75) is 38.6 Å². The lowest BCUT2D eigenvalue weighted by Gasteiger charge is -2.19. The van der Waals surface area contributed by atoms with Gasteiger partial charge in [0, 0.05) is 24.1 Å². The second kappa shape index (κ2) is 8.85. The standard InChI is InChI=1S/C21H24F3N7O2/c1-10(14-8-18(25)31-20(30-14)21(22,23)24)27-19-13-6-17(33-12-4-5-26-9-12)16(32-3)7-15(13)28-11(2)29-19/h6-8,10,12,26H,4-5,9H2,1-3H3,(H2,25,30,31)(H,27,28,29)/t10-,12?/m1/s1. The first-order valence-corrected chi connectivity index (χ1v) is 10.4. The van der Waals surface area contributed by atoms with E-state index in [2.05, 4.69) is 30.6 Å². The van der Waals surface area contributed by atoms with E-state index < -0.39 is 18.0 Å². The van der Waals surface area contributed by atoms with Crippen molar-refractivity contribution >= 4 is 22.5 Å².